The predicted octanol–water partition coefficient (Wildman–Crippen LogP) is 4.25. The van der Waals surface area contributed by atoms with Crippen molar-refractivity contribution in [2.75, 3.05) is 13.2 Å². The number of hydrogen-bond acceptors (Lipinski definition) is 3. The molecule has 2 atom stereocenters. The van der Waals surface area contributed by atoms with E-state index in [0.717, 1.165) is 23.5 Å². The van der Waals surface area contributed by atoms with Crippen LogP contribution in [0.2, 0.25) is 0 Å². The lowest BCUT2D eigenvalue weighted by Gasteiger charge is -2.29. The van der Waals surface area contributed by atoms with Crippen LogP contribution in [0.25, 0.3) is 5.69 Å². The van der Waals surface area contributed by atoms with E-state index < -0.39 is 11.7 Å². The third-order valence-corrected chi connectivity index (χ3v) is 5.64. The van der Waals surface area contributed by atoms with Crippen molar-refractivity contribution in [3.05, 3.63) is 83.9 Å². The van der Waals surface area contributed by atoms with Gasteiger partial charge in [-0.05, 0) is 61.1 Å². The largest absolute Gasteiger partial charge is 0.416 e. The Morgan fingerprint density at radius 2 is 1.94 bits per heavy atom. The molecule has 1 fully saturated rings. The summed E-state index contributed by atoms with van der Waals surface area (Å²) >= 11 is 5.56. The molecule has 0 spiro atoms. The Bertz CT molecular complexity index is 1050. The standard InChI is InChI=1S/C22H21F3N4OS/c23-22(24,25)15-6-3-7-16(14-15)28-11-4-9-18(28)20-19(17-8-1-2-10-26-17)27-21(31)29(20)12-5-13-30/h1-4,6-11,14,19-20,30H,5,12-13H2,(H,27,31). The van der Waals surface area contributed by atoms with E-state index in [2.05, 4.69) is 10.3 Å². The quantitative estimate of drug-likeness (QED) is 0.555. The monoisotopic (exact) mass is 446 g/mol. The molecule has 0 saturated carbocycles. The average molecular weight is 446 g/mol. The molecule has 2 aromatic heterocycles. The molecule has 0 amide bonds. The van der Waals surface area contributed by atoms with Crippen molar-refractivity contribution in [3.63, 3.8) is 0 Å². The molecule has 0 bridgehead atoms. The lowest BCUT2D eigenvalue weighted by molar-refractivity contribution is -0.137. The van der Waals surface area contributed by atoms with E-state index in [4.69, 9.17) is 12.2 Å². The number of alkyl halides is 3. The van der Waals surface area contributed by atoms with Gasteiger partial charge in [-0.3, -0.25) is 4.98 Å². The van der Waals surface area contributed by atoms with Crippen LogP contribution in [0, 0.1) is 0 Å². The van der Waals surface area contributed by atoms with E-state index >= 15 is 0 Å². The summed E-state index contributed by atoms with van der Waals surface area (Å²) in [5.74, 6) is 0. The Kier molecular flexibility index (Phi) is 5.97. The minimum absolute atomic E-state index is 0.00866. The highest BCUT2D eigenvalue weighted by molar-refractivity contribution is 7.80. The van der Waals surface area contributed by atoms with Crippen LogP contribution in [-0.2, 0) is 6.18 Å². The number of thiocarbonyl (C=S) groups is 1. The maximum Gasteiger partial charge on any atom is 0.416 e. The molecule has 1 aliphatic heterocycles. The van der Waals surface area contributed by atoms with Crippen molar-refractivity contribution in [2.45, 2.75) is 24.7 Å². The predicted molar refractivity (Wildman–Crippen MR) is 115 cm³/mol. The van der Waals surface area contributed by atoms with E-state index in [1.54, 1.807) is 29.1 Å². The van der Waals surface area contributed by atoms with E-state index in [0.29, 0.717) is 23.8 Å². The summed E-state index contributed by atoms with van der Waals surface area (Å²) in [6.45, 7) is 0.513. The number of aliphatic hydroxyl groups excluding tert-OH is 1. The van der Waals surface area contributed by atoms with E-state index in [1.165, 1.54) is 6.07 Å². The van der Waals surface area contributed by atoms with Crippen LogP contribution in [-0.4, -0.2) is 37.8 Å². The van der Waals surface area contributed by atoms with Crippen molar-refractivity contribution in [1.29, 1.82) is 0 Å². The van der Waals surface area contributed by atoms with Gasteiger partial charge < -0.3 is 19.9 Å². The van der Waals surface area contributed by atoms with E-state index in [1.807, 2.05) is 29.2 Å². The number of hydrogen-bond donors (Lipinski definition) is 2. The Balaban J connectivity index is 1.79. The average Bonchev–Trinajstić information content (AvgIpc) is 3.36. The third kappa shape index (κ3) is 4.28. The number of pyridine rings is 1. The Labute approximate surface area is 183 Å². The molecule has 162 valence electrons. The van der Waals surface area contributed by atoms with Gasteiger partial charge in [-0.25, -0.2) is 0 Å². The van der Waals surface area contributed by atoms with Crippen molar-refractivity contribution in [1.82, 2.24) is 19.8 Å². The van der Waals surface area contributed by atoms with Gasteiger partial charge in [0.15, 0.2) is 5.11 Å². The van der Waals surface area contributed by atoms with Gasteiger partial charge >= 0.3 is 6.18 Å². The van der Waals surface area contributed by atoms with Gasteiger partial charge in [-0.2, -0.15) is 13.2 Å². The smallest absolute Gasteiger partial charge is 0.396 e. The summed E-state index contributed by atoms with van der Waals surface area (Å²) in [5.41, 5.74) is 1.26. The number of halogens is 3. The fraction of sp³-hybridized carbons (Fsp3) is 0.273. The summed E-state index contributed by atoms with van der Waals surface area (Å²) in [5, 5.41) is 13.2. The topological polar surface area (TPSA) is 53.3 Å². The van der Waals surface area contributed by atoms with Gasteiger partial charge in [0.25, 0.3) is 0 Å². The maximum absolute atomic E-state index is 13.3. The summed E-state index contributed by atoms with van der Waals surface area (Å²) in [6, 6.07) is 13.9. The second-order valence-corrected chi connectivity index (χ2v) is 7.63. The van der Waals surface area contributed by atoms with Crippen molar-refractivity contribution in [2.24, 2.45) is 0 Å². The molecule has 5 nitrogen and oxygen atoms in total. The molecule has 1 saturated heterocycles. The molecular weight excluding hydrogens is 425 g/mol. The van der Waals surface area contributed by atoms with Gasteiger partial charge in [0.2, 0.25) is 0 Å². The number of nitrogens with zero attached hydrogens (tertiary/aromatic N) is 3. The first kappa shape index (κ1) is 21.3. The highest BCUT2D eigenvalue weighted by Crippen LogP contribution is 2.40. The van der Waals surface area contributed by atoms with Crippen molar-refractivity contribution >= 4 is 17.3 Å². The summed E-state index contributed by atoms with van der Waals surface area (Å²) in [4.78, 5) is 6.43. The third-order valence-electron chi connectivity index (χ3n) is 5.29. The van der Waals surface area contributed by atoms with Gasteiger partial charge in [-0.1, -0.05) is 12.1 Å². The Hall–Kier alpha value is -2.91. The zero-order chi connectivity index (χ0) is 22.0. The number of aromatic nitrogens is 2. The van der Waals surface area contributed by atoms with Crippen LogP contribution < -0.4 is 5.32 Å². The van der Waals surface area contributed by atoms with Crippen molar-refractivity contribution in [3.8, 4) is 5.69 Å². The maximum atomic E-state index is 13.3. The molecule has 2 unspecified atom stereocenters. The SMILES string of the molecule is OCCCN1C(=S)NC(c2ccccn2)C1c1cccn1-c1cccc(C(F)(F)F)c1. The molecule has 1 aliphatic rings. The Morgan fingerprint density at radius 3 is 2.65 bits per heavy atom. The number of benzene rings is 1. The molecule has 3 aromatic rings. The molecule has 0 radical (unpaired) electrons. The number of nitrogens with one attached hydrogen (secondary N) is 1. The second-order valence-electron chi connectivity index (χ2n) is 7.25. The van der Waals surface area contributed by atoms with Crippen LogP contribution in [0.5, 0.6) is 0 Å². The summed E-state index contributed by atoms with van der Waals surface area (Å²) in [7, 11) is 0. The first-order chi connectivity index (χ1) is 14.9. The molecule has 3 heterocycles. The first-order valence-electron chi connectivity index (χ1n) is 9.84. The normalized spacial score (nSPS) is 19.0. The van der Waals surface area contributed by atoms with E-state index in [9.17, 15) is 18.3 Å². The van der Waals surface area contributed by atoms with E-state index in [-0.39, 0.29) is 18.7 Å². The zero-order valence-electron chi connectivity index (χ0n) is 16.5. The van der Waals surface area contributed by atoms with Crippen LogP contribution in [0.1, 0.15) is 35.5 Å². The summed E-state index contributed by atoms with van der Waals surface area (Å²) in [6.07, 6.45) is -0.480. The van der Waals surface area contributed by atoms with Crippen LogP contribution in [0.4, 0.5) is 13.2 Å². The van der Waals surface area contributed by atoms with Gasteiger partial charge in [0.05, 0.1) is 23.3 Å². The van der Waals surface area contributed by atoms with Crippen LogP contribution in [0.15, 0.2) is 67.0 Å². The Morgan fingerprint density at radius 1 is 1.10 bits per heavy atom. The lowest BCUT2D eigenvalue weighted by atomic mass is 10.0. The second kappa shape index (κ2) is 8.68. The molecule has 1 aromatic carbocycles. The highest BCUT2D eigenvalue weighted by Gasteiger charge is 2.41. The first-order valence-corrected chi connectivity index (χ1v) is 10.2. The fourth-order valence-corrected chi connectivity index (χ4v) is 4.24. The molecule has 31 heavy (non-hydrogen) atoms. The minimum Gasteiger partial charge on any atom is -0.396 e. The lowest BCUT2D eigenvalue weighted by Crippen LogP contribution is -2.31. The van der Waals surface area contributed by atoms with Crippen LogP contribution >= 0.6 is 12.2 Å². The van der Waals surface area contributed by atoms with Crippen molar-refractivity contribution < 1.29 is 18.3 Å². The van der Waals surface area contributed by atoms with Gasteiger partial charge in [-0.15, -0.1) is 0 Å². The minimum atomic E-state index is -4.43. The molecule has 0 aliphatic carbocycles. The fourth-order valence-electron chi connectivity index (χ4n) is 3.91. The zero-order valence-corrected chi connectivity index (χ0v) is 17.3. The molecular formula is C22H21F3N4OS. The highest BCUT2D eigenvalue weighted by atomic mass is 32.1. The molecule has 2 N–H and O–H groups in total. The number of aliphatic hydroxyl groups is 1. The van der Waals surface area contributed by atoms with Crippen LogP contribution in [0.3, 0.4) is 0 Å². The molecule has 9 heteroatoms. The number of rotatable bonds is 6. The van der Waals surface area contributed by atoms with Gasteiger partial charge in [0, 0.05) is 36.9 Å². The summed E-state index contributed by atoms with van der Waals surface area (Å²) < 4.78 is 41.6. The van der Waals surface area contributed by atoms with Gasteiger partial charge in [0.1, 0.15) is 0 Å². The molecule has 4 rings (SSSR count).